The summed E-state index contributed by atoms with van der Waals surface area (Å²) >= 11 is 0. The van der Waals surface area contributed by atoms with Crippen LogP contribution in [-0.4, -0.2) is 73.0 Å². The summed E-state index contributed by atoms with van der Waals surface area (Å²) in [5.41, 5.74) is 2.91. The second-order valence-electron chi connectivity index (χ2n) is 11.5. The lowest BCUT2D eigenvalue weighted by atomic mass is 9.86. The smallest absolute Gasteiger partial charge is 0.433 e. The summed E-state index contributed by atoms with van der Waals surface area (Å²) in [6, 6.07) is 9.84. The van der Waals surface area contributed by atoms with E-state index in [-0.39, 0.29) is 23.7 Å². The molecule has 2 bridgehead atoms. The molecule has 232 valence electrons. The first-order chi connectivity index (χ1) is 21.7. The van der Waals surface area contributed by atoms with Gasteiger partial charge in [0, 0.05) is 50.1 Å². The molecule has 4 aromatic rings. The van der Waals surface area contributed by atoms with Crippen molar-refractivity contribution >= 4 is 17.5 Å². The minimum atomic E-state index is -4.58. The number of anilines is 2. The van der Waals surface area contributed by atoms with Crippen molar-refractivity contribution in [3.05, 3.63) is 66.0 Å². The van der Waals surface area contributed by atoms with Crippen molar-refractivity contribution in [1.82, 2.24) is 34.8 Å². The molecule has 45 heavy (non-hydrogen) atoms. The van der Waals surface area contributed by atoms with Gasteiger partial charge in [0.05, 0.1) is 24.2 Å². The molecule has 1 saturated carbocycles. The van der Waals surface area contributed by atoms with Crippen LogP contribution in [0.15, 0.2) is 49.1 Å². The number of pyridine rings is 1. The van der Waals surface area contributed by atoms with Gasteiger partial charge in [0.15, 0.2) is 5.82 Å². The maximum atomic E-state index is 13.7. The summed E-state index contributed by atoms with van der Waals surface area (Å²) in [4.78, 5) is 41.8. The zero-order chi connectivity index (χ0) is 31.3. The van der Waals surface area contributed by atoms with Crippen molar-refractivity contribution < 1.29 is 22.7 Å². The molecule has 0 radical (unpaired) electrons. The highest BCUT2D eigenvalue weighted by molar-refractivity contribution is 5.79. The van der Waals surface area contributed by atoms with Gasteiger partial charge in [0.2, 0.25) is 17.7 Å². The third-order valence-electron chi connectivity index (χ3n) is 8.55. The summed E-state index contributed by atoms with van der Waals surface area (Å²) in [5.74, 6) is 1.49. The van der Waals surface area contributed by atoms with Crippen molar-refractivity contribution in [2.45, 2.75) is 56.9 Å². The van der Waals surface area contributed by atoms with Crippen LogP contribution in [0.5, 0.6) is 5.88 Å². The Morgan fingerprint density at radius 2 is 1.71 bits per heavy atom. The Morgan fingerprint density at radius 3 is 2.38 bits per heavy atom. The van der Waals surface area contributed by atoms with Crippen LogP contribution in [0.4, 0.5) is 24.8 Å². The molecule has 3 aromatic heterocycles. The highest BCUT2D eigenvalue weighted by Gasteiger charge is 2.46. The van der Waals surface area contributed by atoms with Crippen molar-refractivity contribution in [2.75, 3.05) is 30.4 Å². The molecule has 5 heterocycles. The lowest BCUT2D eigenvalue weighted by molar-refractivity contribution is -0.141. The van der Waals surface area contributed by atoms with Crippen LogP contribution < -0.4 is 15.0 Å². The third-order valence-corrected chi connectivity index (χ3v) is 8.55. The minimum Gasteiger partial charge on any atom is -0.480 e. The minimum absolute atomic E-state index is 0.00419. The molecule has 0 spiro atoms. The highest BCUT2D eigenvalue weighted by Crippen LogP contribution is 2.45. The molecule has 2 atom stereocenters. The Hall–Kier alpha value is -4.88. The normalized spacial score (nSPS) is 19.2. The first-order valence-electron chi connectivity index (χ1n) is 14.7. The summed E-state index contributed by atoms with van der Waals surface area (Å²) in [6.07, 6.45) is 1.28. The van der Waals surface area contributed by atoms with Gasteiger partial charge in [0.25, 0.3) is 0 Å². The number of halogens is 3. The zero-order valence-corrected chi connectivity index (χ0v) is 24.6. The Morgan fingerprint density at radius 1 is 0.978 bits per heavy atom. The fourth-order valence-corrected chi connectivity index (χ4v) is 6.17. The second-order valence-corrected chi connectivity index (χ2v) is 11.5. The molecule has 14 heteroatoms. The van der Waals surface area contributed by atoms with Gasteiger partial charge in [-0.25, -0.2) is 24.9 Å². The van der Waals surface area contributed by atoms with Gasteiger partial charge in [-0.1, -0.05) is 24.3 Å². The molecule has 1 N–H and O–H groups in total. The van der Waals surface area contributed by atoms with Crippen LogP contribution in [-0.2, 0) is 17.5 Å². The number of amides is 1. The number of ether oxygens (including phenoxy) is 1. The maximum Gasteiger partial charge on any atom is 0.433 e. The van der Waals surface area contributed by atoms with Crippen LogP contribution in [0.25, 0.3) is 22.6 Å². The predicted molar refractivity (Wildman–Crippen MR) is 158 cm³/mol. The van der Waals surface area contributed by atoms with Gasteiger partial charge in [-0.15, -0.1) is 0 Å². The summed E-state index contributed by atoms with van der Waals surface area (Å²) in [5, 5.41) is 3.20. The SMILES string of the molecule is COc1ncnc(C2CC2)c1-c1ncnc(NCc2ccc(-c3nc(C(F)(F)F)ccc3N3C4CC3CN(C(C)=O)C4)cc2)n1. The zero-order valence-electron chi connectivity index (χ0n) is 24.6. The number of likely N-dealkylation sites (tertiary alicyclic amines) is 1. The van der Waals surface area contributed by atoms with E-state index in [0.29, 0.717) is 60.0 Å². The molecule has 3 fully saturated rings. The number of hydrogen-bond donors (Lipinski definition) is 1. The quantitative estimate of drug-likeness (QED) is 0.297. The van der Waals surface area contributed by atoms with Crippen molar-refractivity contribution in [2.24, 2.45) is 0 Å². The fourth-order valence-electron chi connectivity index (χ4n) is 6.17. The summed E-state index contributed by atoms with van der Waals surface area (Å²) in [6.45, 7) is 2.99. The van der Waals surface area contributed by atoms with E-state index in [0.717, 1.165) is 36.6 Å². The molecule has 3 aliphatic rings. The van der Waals surface area contributed by atoms with E-state index in [2.05, 4.69) is 40.1 Å². The van der Waals surface area contributed by atoms with Crippen LogP contribution in [0, 0.1) is 0 Å². The number of piperazine rings is 1. The summed E-state index contributed by atoms with van der Waals surface area (Å²) < 4.78 is 46.6. The molecule has 1 amide bonds. The van der Waals surface area contributed by atoms with Gasteiger partial charge in [0.1, 0.15) is 23.9 Å². The number of piperidine rings is 1. The van der Waals surface area contributed by atoms with Crippen molar-refractivity contribution in [3.8, 4) is 28.5 Å². The number of nitrogens with one attached hydrogen (secondary N) is 1. The Bertz CT molecular complexity index is 1740. The summed E-state index contributed by atoms with van der Waals surface area (Å²) in [7, 11) is 1.54. The standard InChI is InChI=1S/C31H30F3N9O2/c1-17(44)42-13-21-11-22(14-42)43(21)23-9-10-24(31(32,33)34)40-26(23)19-5-3-18(4-6-19)12-35-30-39-16-37-28(41-30)25-27(20-7-8-20)36-15-38-29(25)45-2/h3-6,9-10,15-16,20-22H,7-8,11-14H2,1-2H3,(H,35,37,39,41). The molecule has 2 aliphatic heterocycles. The van der Waals surface area contributed by atoms with E-state index in [4.69, 9.17) is 4.74 Å². The Balaban J connectivity index is 1.11. The first-order valence-corrected chi connectivity index (χ1v) is 14.7. The number of carbonyl (C=O) groups excluding carboxylic acids is 1. The van der Waals surface area contributed by atoms with Gasteiger partial charge in [-0.05, 0) is 37.0 Å². The number of aromatic nitrogens is 6. The number of methoxy groups -OCH3 is 1. The van der Waals surface area contributed by atoms with Gasteiger partial charge < -0.3 is 19.9 Å². The van der Waals surface area contributed by atoms with E-state index in [1.54, 1.807) is 24.1 Å². The number of alkyl halides is 3. The van der Waals surface area contributed by atoms with Crippen LogP contribution >= 0.6 is 0 Å². The number of rotatable bonds is 8. The average Bonchev–Trinajstić information content (AvgIpc) is 3.89. The molecule has 11 nitrogen and oxygen atoms in total. The van der Waals surface area contributed by atoms with E-state index < -0.39 is 11.9 Å². The van der Waals surface area contributed by atoms with Crippen molar-refractivity contribution in [1.29, 1.82) is 0 Å². The number of fused-ring (bicyclic) bond motifs is 2. The number of nitrogens with zero attached hydrogens (tertiary/aromatic N) is 8. The second kappa shape index (κ2) is 11.2. The van der Waals surface area contributed by atoms with E-state index in [1.165, 1.54) is 25.6 Å². The molecule has 1 aromatic carbocycles. The molecule has 1 aliphatic carbocycles. The molecule has 2 unspecified atom stereocenters. The fraction of sp³-hybridized carbons (Fsp3) is 0.387. The molecule has 7 rings (SSSR count). The van der Waals surface area contributed by atoms with Crippen LogP contribution in [0.3, 0.4) is 0 Å². The maximum absolute atomic E-state index is 13.7. The Kier molecular flexibility index (Phi) is 7.21. The van der Waals surface area contributed by atoms with E-state index in [1.807, 2.05) is 12.1 Å². The topological polar surface area (TPSA) is 122 Å². The lowest BCUT2D eigenvalue weighted by Gasteiger charge is -2.57. The average molecular weight is 618 g/mol. The van der Waals surface area contributed by atoms with Gasteiger partial charge in [-0.3, -0.25) is 4.79 Å². The predicted octanol–water partition coefficient (Wildman–Crippen LogP) is 4.72. The van der Waals surface area contributed by atoms with Crippen LogP contribution in [0.1, 0.15) is 49.1 Å². The number of hydrogen-bond acceptors (Lipinski definition) is 10. The van der Waals surface area contributed by atoms with Crippen molar-refractivity contribution in [3.63, 3.8) is 0 Å². The number of carbonyl (C=O) groups is 1. The first kappa shape index (κ1) is 28.9. The van der Waals surface area contributed by atoms with Gasteiger partial charge in [-0.2, -0.15) is 18.2 Å². The largest absolute Gasteiger partial charge is 0.480 e. The molecular weight excluding hydrogens is 587 g/mol. The highest BCUT2D eigenvalue weighted by atomic mass is 19.4. The van der Waals surface area contributed by atoms with E-state index >= 15 is 0 Å². The monoisotopic (exact) mass is 617 g/mol. The molecule has 2 saturated heterocycles. The Labute approximate surface area is 256 Å². The number of benzene rings is 1. The van der Waals surface area contributed by atoms with E-state index in [9.17, 15) is 18.0 Å². The van der Waals surface area contributed by atoms with Crippen LogP contribution in [0.2, 0.25) is 0 Å². The molecular formula is C31H30F3N9O2. The lowest BCUT2D eigenvalue weighted by Crippen LogP contribution is -2.69. The third kappa shape index (κ3) is 5.60. The van der Waals surface area contributed by atoms with Gasteiger partial charge >= 0.3 is 6.18 Å².